The van der Waals surface area contributed by atoms with Crippen LogP contribution in [0.2, 0.25) is 0 Å². The fourth-order valence-corrected chi connectivity index (χ4v) is 6.27. The van der Waals surface area contributed by atoms with Crippen LogP contribution >= 0.6 is 12.4 Å². The molecule has 0 amide bonds. The molecule has 0 saturated carbocycles. The number of halogens is 3. The van der Waals surface area contributed by atoms with Crippen molar-refractivity contribution in [2.45, 2.75) is 25.3 Å². The quantitative estimate of drug-likeness (QED) is 0.429. The van der Waals surface area contributed by atoms with Gasteiger partial charge in [-0.2, -0.15) is 0 Å². The summed E-state index contributed by atoms with van der Waals surface area (Å²) in [6.45, 7) is 3.82. The summed E-state index contributed by atoms with van der Waals surface area (Å²) >= 11 is 0. The molecule has 0 bridgehead atoms. The third-order valence-corrected chi connectivity index (χ3v) is 7.97. The molecule has 1 heterocycles. The van der Waals surface area contributed by atoms with E-state index in [1.165, 1.54) is 42.6 Å². The molecule has 12 heteroatoms. The molecule has 3 rings (SSSR count). The van der Waals surface area contributed by atoms with Crippen LogP contribution in [-0.4, -0.2) is 33.6 Å². The number of hydrogen-bond acceptors (Lipinski definition) is 5. The summed E-state index contributed by atoms with van der Waals surface area (Å²) in [6.07, 6.45) is 1.35. The lowest BCUT2D eigenvalue weighted by atomic mass is 10.1. The smallest absolute Gasteiger partial charge is 0.268 e. The Morgan fingerprint density at radius 3 is 2.32 bits per heavy atom. The Labute approximate surface area is 204 Å². The number of hydrogen-bond donors (Lipinski definition) is 2. The molecular weight excluding hydrogens is 508 g/mol. The number of benzene rings is 2. The molecule has 34 heavy (non-hydrogen) atoms. The Morgan fingerprint density at radius 1 is 1.00 bits per heavy atom. The van der Waals surface area contributed by atoms with Gasteiger partial charge in [-0.25, -0.2) is 29.6 Å². The number of anilines is 1. The highest BCUT2D eigenvalue weighted by molar-refractivity contribution is 7.92. The molecule has 0 unspecified atom stereocenters. The van der Waals surface area contributed by atoms with Crippen LogP contribution < -0.4 is 10.0 Å². The SMILES string of the molecule is CNCc1cc(-c2ccc(F)cc2F)n(S(=O)(=O)c2cccc(NS(=O)(=O)CC(C)C)c2)c1.Cl. The van der Waals surface area contributed by atoms with Crippen LogP contribution in [0.1, 0.15) is 19.4 Å². The summed E-state index contributed by atoms with van der Waals surface area (Å²) in [5.74, 6) is -1.93. The number of rotatable bonds is 9. The maximum atomic E-state index is 14.5. The van der Waals surface area contributed by atoms with Crippen LogP contribution in [0, 0.1) is 17.6 Å². The van der Waals surface area contributed by atoms with Gasteiger partial charge in [0.05, 0.1) is 16.3 Å². The monoisotopic (exact) mass is 533 g/mol. The van der Waals surface area contributed by atoms with Gasteiger partial charge in [0.2, 0.25) is 10.0 Å². The first-order valence-electron chi connectivity index (χ1n) is 10.1. The van der Waals surface area contributed by atoms with Gasteiger partial charge in [0.25, 0.3) is 10.0 Å². The summed E-state index contributed by atoms with van der Waals surface area (Å²) in [4.78, 5) is -0.192. The van der Waals surface area contributed by atoms with Gasteiger partial charge in [0.1, 0.15) is 11.6 Å². The Kier molecular flexibility index (Phi) is 8.86. The zero-order valence-corrected chi connectivity index (χ0v) is 21.2. The van der Waals surface area contributed by atoms with E-state index in [2.05, 4.69) is 10.0 Å². The van der Waals surface area contributed by atoms with Crippen molar-refractivity contribution in [3.05, 3.63) is 71.9 Å². The van der Waals surface area contributed by atoms with E-state index in [0.29, 0.717) is 18.2 Å². The summed E-state index contributed by atoms with van der Waals surface area (Å²) in [7, 11) is -6.24. The topological polar surface area (TPSA) is 97.3 Å². The molecule has 0 radical (unpaired) electrons. The average molecular weight is 534 g/mol. The molecule has 0 aliphatic rings. The molecular formula is C22H26ClF2N3O4S2. The fraction of sp³-hybridized carbons (Fsp3) is 0.273. The molecule has 0 aliphatic heterocycles. The summed E-state index contributed by atoms with van der Waals surface area (Å²) in [6, 6.07) is 9.78. The van der Waals surface area contributed by atoms with E-state index in [9.17, 15) is 25.6 Å². The van der Waals surface area contributed by atoms with Crippen LogP contribution in [0.5, 0.6) is 0 Å². The lowest BCUT2D eigenvalue weighted by Gasteiger charge is -2.14. The van der Waals surface area contributed by atoms with Gasteiger partial charge >= 0.3 is 0 Å². The van der Waals surface area contributed by atoms with Crippen LogP contribution in [0.15, 0.2) is 59.6 Å². The summed E-state index contributed by atoms with van der Waals surface area (Å²) in [5, 5.41) is 2.90. The van der Waals surface area contributed by atoms with Gasteiger partial charge < -0.3 is 5.32 Å². The van der Waals surface area contributed by atoms with Crippen molar-refractivity contribution in [2.24, 2.45) is 5.92 Å². The largest absolute Gasteiger partial charge is 0.316 e. The Bertz CT molecular complexity index is 1370. The van der Waals surface area contributed by atoms with Crippen molar-refractivity contribution in [1.82, 2.24) is 9.29 Å². The number of aromatic nitrogens is 1. The van der Waals surface area contributed by atoms with E-state index in [-0.39, 0.29) is 45.9 Å². The van der Waals surface area contributed by atoms with Gasteiger partial charge in [-0.05, 0) is 54.9 Å². The third kappa shape index (κ3) is 6.35. The second-order valence-electron chi connectivity index (χ2n) is 7.99. The van der Waals surface area contributed by atoms with Gasteiger partial charge in [-0.3, -0.25) is 4.72 Å². The second-order valence-corrected chi connectivity index (χ2v) is 11.6. The highest BCUT2D eigenvalue weighted by Gasteiger charge is 2.24. The lowest BCUT2D eigenvalue weighted by Crippen LogP contribution is -2.20. The predicted octanol–water partition coefficient (Wildman–Crippen LogP) is 4.21. The number of nitrogens with zero attached hydrogens (tertiary/aromatic N) is 1. The molecule has 0 atom stereocenters. The van der Waals surface area contributed by atoms with Crippen molar-refractivity contribution >= 4 is 38.1 Å². The maximum absolute atomic E-state index is 14.5. The average Bonchev–Trinajstić information content (AvgIpc) is 3.11. The zero-order valence-electron chi connectivity index (χ0n) is 18.7. The van der Waals surface area contributed by atoms with Gasteiger partial charge in [-0.15, -0.1) is 12.4 Å². The molecule has 1 aromatic heterocycles. The van der Waals surface area contributed by atoms with E-state index in [1.54, 1.807) is 20.9 Å². The standard InChI is InChI=1S/C22H25F2N3O4S2.ClH/c1-15(2)14-32(28,29)26-18-5-4-6-19(11-18)33(30,31)27-13-16(12-25-3)9-22(27)20-8-7-17(23)10-21(20)24;/h4-11,13,15,25-26H,12,14H2,1-3H3;1H. The zero-order chi connectivity index (χ0) is 24.4. The van der Waals surface area contributed by atoms with Crippen LogP contribution in [-0.2, 0) is 26.6 Å². The third-order valence-electron chi connectivity index (χ3n) is 4.65. The molecule has 186 valence electrons. The highest BCUT2D eigenvalue weighted by Crippen LogP contribution is 2.30. The van der Waals surface area contributed by atoms with Gasteiger partial charge in [0.15, 0.2) is 0 Å². The van der Waals surface area contributed by atoms with Crippen LogP contribution in [0.25, 0.3) is 11.3 Å². The van der Waals surface area contributed by atoms with E-state index < -0.39 is 31.7 Å². The molecule has 0 fully saturated rings. The van der Waals surface area contributed by atoms with Crippen LogP contribution in [0.3, 0.4) is 0 Å². The van der Waals surface area contributed by atoms with E-state index >= 15 is 0 Å². The highest BCUT2D eigenvalue weighted by atomic mass is 35.5. The summed E-state index contributed by atoms with van der Waals surface area (Å²) < 4.78 is 82.8. The van der Waals surface area contributed by atoms with E-state index in [0.717, 1.165) is 10.0 Å². The Morgan fingerprint density at radius 2 is 1.71 bits per heavy atom. The molecule has 3 aromatic rings. The minimum atomic E-state index is -4.25. The normalized spacial score (nSPS) is 11.9. The fourth-order valence-electron chi connectivity index (χ4n) is 3.38. The molecule has 2 N–H and O–H groups in total. The molecule has 0 spiro atoms. The van der Waals surface area contributed by atoms with Crippen molar-refractivity contribution in [2.75, 3.05) is 17.5 Å². The predicted molar refractivity (Wildman–Crippen MR) is 131 cm³/mol. The van der Waals surface area contributed by atoms with E-state index in [1.807, 2.05) is 0 Å². The Balaban J connectivity index is 0.00000408. The maximum Gasteiger partial charge on any atom is 0.268 e. The lowest BCUT2D eigenvalue weighted by molar-refractivity contribution is 0.582. The van der Waals surface area contributed by atoms with Crippen molar-refractivity contribution < 1.29 is 25.6 Å². The van der Waals surface area contributed by atoms with E-state index in [4.69, 9.17) is 0 Å². The Hall–Kier alpha value is -2.47. The minimum Gasteiger partial charge on any atom is -0.316 e. The first-order valence-corrected chi connectivity index (χ1v) is 13.2. The summed E-state index contributed by atoms with van der Waals surface area (Å²) in [5.41, 5.74) is 0.585. The van der Waals surface area contributed by atoms with Crippen molar-refractivity contribution in [3.8, 4) is 11.3 Å². The van der Waals surface area contributed by atoms with Gasteiger partial charge in [-0.1, -0.05) is 19.9 Å². The molecule has 0 aliphatic carbocycles. The first-order chi connectivity index (χ1) is 15.4. The molecule has 2 aromatic carbocycles. The first kappa shape index (κ1) is 27.8. The molecule has 0 saturated heterocycles. The minimum absolute atomic E-state index is 0. The number of sulfonamides is 1. The number of nitrogens with one attached hydrogen (secondary N) is 2. The van der Waals surface area contributed by atoms with Crippen molar-refractivity contribution in [3.63, 3.8) is 0 Å². The van der Waals surface area contributed by atoms with Gasteiger partial charge in [0, 0.05) is 30.1 Å². The van der Waals surface area contributed by atoms with Crippen LogP contribution in [0.4, 0.5) is 14.5 Å². The van der Waals surface area contributed by atoms with Crippen molar-refractivity contribution in [1.29, 1.82) is 0 Å². The second kappa shape index (κ2) is 10.9. The molecule has 7 nitrogen and oxygen atoms in total.